The Balaban J connectivity index is 1.84. The first-order valence-corrected chi connectivity index (χ1v) is 7.24. The standard InChI is InChI=1S/C12H22BrNO/c1-10-3-6-14(7-11(10)15)9-12(8-13)4-2-5-12/h10-11,15H,2-9H2,1H3. The first-order chi connectivity index (χ1) is 7.15. The van der Waals surface area contributed by atoms with E-state index in [1.807, 2.05) is 0 Å². The Kier molecular flexibility index (Phi) is 3.74. The van der Waals surface area contributed by atoms with Crippen molar-refractivity contribution >= 4 is 15.9 Å². The number of aliphatic hydroxyl groups excluding tert-OH is 1. The van der Waals surface area contributed by atoms with Crippen LogP contribution in [0.4, 0.5) is 0 Å². The van der Waals surface area contributed by atoms with Crippen molar-refractivity contribution in [2.75, 3.05) is 25.0 Å². The number of β-amino-alcohol motifs (C(OH)–C–C–N with tert-alkyl or cyclic N) is 1. The van der Waals surface area contributed by atoms with Gasteiger partial charge in [0.05, 0.1) is 6.10 Å². The summed E-state index contributed by atoms with van der Waals surface area (Å²) in [4.78, 5) is 2.46. The second kappa shape index (κ2) is 4.72. The molecule has 0 bridgehead atoms. The molecule has 2 aliphatic rings. The highest BCUT2D eigenvalue weighted by molar-refractivity contribution is 9.09. The van der Waals surface area contributed by atoms with Crippen molar-refractivity contribution in [1.29, 1.82) is 0 Å². The highest BCUT2D eigenvalue weighted by Gasteiger charge is 2.38. The maximum atomic E-state index is 9.85. The normalized spacial score (nSPS) is 36.2. The fraction of sp³-hybridized carbons (Fsp3) is 1.00. The molecule has 2 rings (SSSR count). The van der Waals surface area contributed by atoms with Crippen LogP contribution >= 0.6 is 15.9 Å². The van der Waals surface area contributed by atoms with Gasteiger partial charge in [0.1, 0.15) is 0 Å². The Hall–Kier alpha value is 0.400. The predicted molar refractivity (Wildman–Crippen MR) is 66.3 cm³/mol. The topological polar surface area (TPSA) is 23.5 Å². The molecule has 2 unspecified atom stereocenters. The summed E-state index contributed by atoms with van der Waals surface area (Å²) < 4.78 is 0. The van der Waals surface area contributed by atoms with Gasteiger partial charge in [0.15, 0.2) is 0 Å². The third kappa shape index (κ3) is 2.56. The zero-order valence-electron chi connectivity index (χ0n) is 9.58. The van der Waals surface area contributed by atoms with E-state index in [1.54, 1.807) is 0 Å². The van der Waals surface area contributed by atoms with E-state index < -0.39 is 0 Å². The molecule has 0 radical (unpaired) electrons. The molecule has 1 saturated carbocycles. The van der Waals surface area contributed by atoms with E-state index in [4.69, 9.17) is 0 Å². The van der Waals surface area contributed by atoms with Crippen LogP contribution in [-0.2, 0) is 0 Å². The van der Waals surface area contributed by atoms with Gasteiger partial charge in [-0.05, 0) is 37.1 Å². The number of likely N-dealkylation sites (tertiary alicyclic amines) is 1. The molecular weight excluding hydrogens is 254 g/mol. The molecule has 2 fully saturated rings. The van der Waals surface area contributed by atoms with Gasteiger partial charge in [-0.15, -0.1) is 0 Å². The fourth-order valence-corrected chi connectivity index (χ4v) is 3.48. The number of aliphatic hydroxyl groups is 1. The maximum absolute atomic E-state index is 9.85. The Morgan fingerprint density at radius 2 is 2.20 bits per heavy atom. The largest absolute Gasteiger partial charge is 0.392 e. The molecule has 1 saturated heterocycles. The van der Waals surface area contributed by atoms with Crippen molar-refractivity contribution in [2.45, 2.75) is 38.7 Å². The lowest BCUT2D eigenvalue weighted by molar-refractivity contribution is -0.00163. The van der Waals surface area contributed by atoms with Gasteiger partial charge in [-0.2, -0.15) is 0 Å². The van der Waals surface area contributed by atoms with Crippen molar-refractivity contribution in [3.05, 3.63) is 0 Å². The van der Waals surface area contributed by atoms with Crippen molar-refractivity contribution in [2.24, 2.45) is 11.3 Å². The Morgan fingerprint density at radius 3 is 2.67 bits per heavy atom. The molecule has 1 N–H and O–H groups in total. The van der Waals surface area contributed by atoms with Crippen LogP contribution in [0.5, 0.6) is 0 Å². The highest BCUT2D eigenvalue weighted by atomic mass is 79.9. The van der Waals surface area contributed by atoms with Gasteiger partial charge in [0.25, 0.3) is 0 Å². The predicted octanol–water partition coefficient (Wildman–Crippen LogP) is 2.25. The van der Waals surface area contributed by atoms with Crippen LogP contribution in [0.1, 0.15) is 32.6 Å². The van der Waals surface area contributed by atoms with E-state index in [2.05, 4.69) is 27.8 Å². The molecule has 0 spiro atoms. The summed E-state index contributed by atoms with van der Waals surface area (Å²) >= 11 is 3.65. The van der Waals surface area contributed by atoms with E-state index in [0.29, 0.717) is 11.3 Å². The number of nitrogens with zero attached hydrogens (tertiary/aromatic N) is 1. The smallest absolute Gasteiger partial charge is 0.0693 e. The van der Waals surface area contributed by atoms with E-state index in [9.17, 15) is 5.11 Å². The molecule has 3 heteroatoms. The average Bonchev–Trinajstić information content (AvgIpc) is 2.17. The Morgan fingerprint density at radius 1 is 1.47 bits per heavy atom. The molecule has 15 heavy (non-hydrogen) atoms. The van der Waals surface area contributed by atoms with E-state index in [-0.39, 0.29) is 6.10 Å². The molecule has 1 heterocycles. The summed E-state index contributed by atoms with van der Waals surface area (Å²) in [5, 5.41) is 11.0. The van der Waals surface area contributed by atoms with Crippen molar-refractivity contribution in [3.8, 4) is 0 Å². The molecule has 1 aliphatic carbocycles. The summed E-state index contributed by atoms with van der Waals surface area (Å²) in [6.07, 6.45) is 5.16. The van der Waals surface area contributed by atoms with Gasteiger partial charge in [-0.3, -0.25) is 0 Å². The fourth-order valence-electron chi connectivity index (χ4n) is 2.74. The second-order valence-corrected chi connectivity index (χ2v) is 6.12. The number of hydrogen-bond donors (Lipinski definition) is 1. The number of hydrogen-bond acceptors (Lipinski definition) is 2. The molecule has 1 aliphatic heterocycles. The van der Waals surface area contributed by atoms with Crippen LogP contribution in [0.2, 0.25) is 0 Å². The monoisotopic (exact) mass is 275 g/mol. The van der Waals surface area contributed by atoms with Crippen molar-refractivity contribution < 1.29 is 5.11 Å². The molecule has 0 aromatic heterocycles. The Labute approximate surface area is 101 Å². The molecule has 2 nitrogen and oxygen atoms in total. The summed E-state index contributed by atoms with van der Waals surface area (Å²) in [6, 6.07) is 0. The molecule has 0 amide bonds. The number of alkyl halides is 1. The van der Waals surface area contributed by atoms with Gasteiger partial charge >= 0.3 is 0 Å². The zero-order valence-corrected chi connectivity index (χ0v) is 11.2. The van der Waals surface area contributed by atoms with Gasteiger partial charge in [0, 0.05) is 18.4 Å². The van der Waals surface area contributed by atoms with E-state index in [1.165, 1.54) is 32.4 Å². The minimum absolute atomic E-state index is 0.105. The van der Waals surface area contributed by atoms with Crippen LogP contribution in [-0.4, -0.2) is 41.1 Å². The number of halogens is 1. The number of rotatable bonds is 3. The van der Waals surface area contributed by atoms with Crippen molar-refractivity contribution in [1.82, 2.24) is 4.90 Å². The molecule has 0 aromatic rings. The molecule has 2 atom stereocenters. The maximum Gasteiger partial charge on any atom is 0.0693 e. The minimum Gasteiger partial charge on any atom is -0.392 e. The zero-order chi connectivity index (χ0) is 10.9. The summed E-state index contributed by atoms with van der Waals surface area (Å²) in [5.41, 5.74) is 0.528. The van der Waals surface area contributed by atoms with E-state index in [0.717, 1.165) is 18.3 Å². The SMILES string of the molecule is CC1CCN(CC2(CBr)CCC2)CC1O. The molecule has 88 valence electrons. The first kappa shape index (κ1) is 11.9. The van der Waals surface area contributed by atoms with Gasteiger partial charge < -0.3 is 10.0 Å². The molecular formula is C12H22BrNO. The van der Waals surface area contributed by atoms with Gasteiger partial charge in [-0.25, -0.2) is 0 Å². The quantitative estimate of drug-likeness (QED) is 0.799. The van der Waals surface area contributed by atoms with Gasteiger partial charge in [0.2, 0.25) is 0 Å². The van der Waals surface area contributed by atoms with Crippen molar-refractivity contribution in [3.63, 3.8) is 0 Å². The lowest BCUT2D eigenvalue weighted by Crippen LogP contribution is -2.50. The van der Waals surface area contributed by atoms with Gasteiger partial charge in [-0.1, -0.05) is 29.3 Å². The summed E-state index contributed by atoms with van der Waals surface area (Å²) in [5.74, 6) is 0.488. The lowest BCUT2D eigenvalue weighted by atomic mass is 9.70. The second-order valence-electron chi connectivity index (χ2n) is 5.56. The third-order valence-corrected chi connectivity index (χ3v) is 5.45. The number of piperidine rings is 1. The first-order valence-electron chi connectivity index (χ1n) is 6.12. The van der Waals surface area contributed by atoms with E-state index >= 15 is 0 Å². The summed E-state index contributed by atoms with van der Waals surface area (Å²) in [6.45, 7) is 5.40. The third-order valence-electron chi connectivity index (χ3n) is 4.26. The van der Waals surface area contributed by atoms with Crippen LogP contribution in [0.3, 0.4) is 0 Å². The average molecular weight is 276 g/mol. The van der Waals surface area contributed by atoms with Crippen LogP contribution in [0, 0.1) is 11.3 Å². The van der Waals surface area contributed by atoms with Crippen LogP contribution in [0.15, 0.2) is 0 Å². The molecule has 0 aromatic carbocycles. The van der Waals surface area contributed by atoms with Crippen LogP contribution < -0.4 is 0 Å². The lowest BCUT2D eigenvalue weighted by Gasteiger charge is -2.46. The highest BCUT2D eigenvalue weighted by Crippen LogP contribution is 2.43. The summed E-state index contributed by atoms with van der Waals surface area (Å²) in [7, 11) is 0. The van der Waals surface area contributed by atoms with Crippen LogP contribution in [0.25, 0.3) is 0 Å². The Bertz CT molecular complexity index is 212. The minimum atomic E-state index is -0.105.